The summed E-state index contributed by atoms with van der Waals surface area (Å²) in [6, 6.07) is -0.335. The van der Waals surface area contributed by atoms with Gasteiger partial charge in [-0.15, -0.1) is 0 Å². The minimum absolute atomic E-state index is 0.165. The molecular weight excluding hydrogens is 132 g/mol. The smallest absolute Gasteiger partial charge is 0.307 e. The minimum atomic E-state index is -0.335. The molecule has 2 heterocycles. The number of hydrogen-bond donors (Lipinski definition) is 2. The van der Waals surface area contributed by atoms with Crippen LogP contribution in [0.5, 0.6) is 0 Å². The van der Waals surface area contributed by atoms with Gasteiger partial charge in [0.1, 0.15) is 5.84 Å². The van der Waals surface area contributed by atoms with Gasteiger partial charge in [-0.1, -0.05) is 0 Å². The molecule has 0 spiro atoms. The number of carbonyl (C=O) groups is 1. The lowest BCUT2D eigenvalue weighted by Gasteiger charge is -2.09. The molecule has 0 bridgehead atoms. The molecule has 0 fully saturated rings. The number of hydrogen-bond acceptors (Lipinski definition) is 3. The Kier molecular flexibility index (Phi) is 0.969. The SMILES string of the molecule is O=C1N=CC2CNN=C2N1. The van der Waals surface area contributed by atoms with E-state index < -0.39 is 0 Å². The van der Waals surface area contributed by atoms with Gasteiger partial charge in [-0.05, 0) is 0 Å². The first-order chi connectivity index (χ1) is 4.86. The van der Waals surface area contributed by atoms with E-state index in [9.17, 15) is 4.79 Å². The maximum atomic E-state index is 10.6. The van der Waals surface area contributed by atoms with Crippen LogP contribution in [0.1, 0.15) is 0 Å². The monoisotopic (exact) mass is 138 g/mol. The number of nitrogens with one attached hydrogen (secondary N) is 2. The second-order valence-corrected chi connectivity index (χ2v) is 2.17. The molecule has 0 aromatic carbocycles. The molecule has 2 aliphatic heterocycles. The van der Waals surface area contributed by atoms with Gasteiger partial charge >= 0.3 is 6.03 Å². The average Bonchev–Trinajstić information content (AvgIpc) is 2.33. The highest BCUT2D eigenvalue weighted by Gasteiger charge is 2.24. The maximum absolute atomic E-state index is 10.6. The summed E-state index contributed by atoms with van der Waals surface area (Å²) in [4.78, 5) is 14.2. The number of amidine groups is 1. The predicted octanol–water partition coefficient (Wildman–Crippen LogP) is -0.687. The highest BCUT2D eigenvalue weighted by Crippen LogP contribution is 2.03. The molecule has 0 radical (unpaired) electrons. The highest BCUT2D eigenvalue weighted by atomic mass is 16.2. The van der Waals surface area contributed by atoms with Gasteiger partial charge in [0.25, 0.3) is 0 Å². The lowest BCUT2D eigenvalue weighted by molar-refractivity contribution is 0.252. The van der Waals surface area contributed by atoms with Crippen molar-refractivity contribution in [2.45, 2.75) is 0 Å². The standard InChI is InChI=1S/C5H6N4O/c10-5-6-1-3-2-7-9-4(3)8-5/h1,3,7H,2H2,(H,8,9,10). The van der Waals surface area contributed by atoms with Crippen molar-refractivity contribution in [3.05, 3.63) is 0 Å². The molecule has 0 saturated carbocycles. The Morgan fingerprint density at radius 1 is 1.70 bits per heavy atom. The number of aliphatic imine (C=N–C) groups is 1. The van der Waals surface area contributed by atoms with Gasteiger partial charge in [0.05, 0.1) is 5.92 Å². The zero-order valence-corrected chi connectivity index (χ0v) is 5.16. The molecule has 5 nitrogen and oxygen atoms in total. The van der Waals surface area contributed by atoms with Crippen LogP contribution in [0, 0.1) is 5.92 Å². The topological polar surface area (TPSA) is 65.8 Å². The normalized spacial score (nSPS) is 28.6. The van der Waals surface area contributed by atoms with Crippen molar-refractivity contribution in [3.63, 3.8) is 0 Å². The van der Waals surface area contributed by atoms with Crippen molar-refractivity contribution >= 4 is 18.1 Å². The fraction of sp³-hybridized carbons (Fsp3) is 0.400. The van der Waals surface area contributed by atoms with Crippen molar-refractivity contribution in [1.82, 2.24) is 10.7 Å². The van der Waals surface area contributed by atoms with Crippen LogP contribution in [0.2, 0.25) is 0 Å². The van der Waals surface area contributed by atoms with Crippen LogP contribution in [0.15, 0.2) is 10.1 Å². The zero-order chi connectivity index (χ0) is 6.97. The van der Waals surface area contributed by atoms with Crippen molar-refractivity contribution in [1.29, 1.82) is 0 Å². The number of fused-ring (bicyclic) bond motifs is 1. The van der Waals surface area contributed by atoms with Gasteiger partial charge in [-0.2, -0.15) is 5.10 Å². The first-order valence-electron chi connectivity index (χ1n) is 3.02. The Morgan fingerprint density at radius 2 is 2.60 bits per heavy atom. The molecule has 1 atom stereocenters. The van der Waals surface area contributed by atoms with Gasteiger partial charge in [0, 0.05) is 12.8 Å². The van der Waals surface area contributed by atoms with Gasteiger partial charge in [0.2, 0.25) is 0 Å². The van der Waals surface area contributed by atoms with E-state index in [2.05, 4.69) is 20.8 Å². The molecule has 2 amide bonds. The van der Waals surface area contributed by atoms with E-state index in [1.54, 1.807) is 6.21 Å². The molecule has 10 heavy (non-hydrogen) atoms. The Morgan fingerprint density at radius 3 is 3.50 bits per heavy atom. The molecule has 5 heteroatoms. The van der Waals surface area contributed by atoms with E-state index in [0.717, 1.165) is 6.54 Å². The largest absolute Gasteiger partial charge is 0.346 e. The lowest BCUT2D eigenvalue weighted by atomic mass is 10.1. The molecule has 0 aliphatic carbocycles. The predicted molar refractivity (Wildman–Crippen MR) is 36.0 cm³/mol. The van der Waals surface area contributed by atoms with Crippen LogP contribution >= 0.6 is 0 Å². The van der Waals surface area contributed by atoms with Crippen molar-refractivity contribution in [2.75, 3.05) is 6.54 Å². The molecule has 0 aromatic heterocycles. The Balaban J connectivity index is 2.29. The van der Waals surface area contributed by atoms with E-state index in [-0.39, 0.29) is 11.9 Å². The number of amides is 2. The lowest BCUT2D eigenvalue weighted by Crippen LogP contribution is -2.37. The zero-order valence-electron chi connectivity index (χ0n) is 5.16. The molecule has 2 rings (SSSR count). The van der Waals surface area contributed by atoms with Crippen molar-refractivity contribution in [2.24, 2.45) is 16.0 Å². The summed E-state index contributed by atoms with van der Waals surface area (Å²) in [5.41, 5.74) is 2.77. The molecule has 2 N–H and O–H groups in total. The summed E-state index contributed by atoms with van der Waals surface area (Å²) < 4.78 is 0. The van der Waals surface area contributed by atoms with Crippen LogP contribution in [0.3, 0.4) is 0 Å². The number of rotatable bonds is 0. The Labute approximate surface area is 57.2 Å². The number of nitrogens with zero attached hydrogens (tertiary/aromatic N) is 2. The number of hydrazone groups is 1. The molecule has 0 saturated heterocycles. The summed E-state index contributed by atoms with van der Waals surface area (Å²) in [5.74, 6) is 0.845. The van der Waals surface area contributed by atoms with Crippen LogP contribution in [-0.2, 0) is 0 Å². The first-order valence-corrected chi connectivity index (χ1v) is 3.02. The van der Waals surface area contributed by atoms with Crippen LogP contribution in [0.25, 0.3) is 0 Å². The van der Waals surface area contributed by atoms with Crippen molar-refractivity contribution < 1.29 is 4.79 Å². The molecule has 2 aliphatic rings. The van der Waals surface area contributed by atoms with E-state index >= 15 is 0 Å². The number of carbonyl (C=O) groups excluding carboxylic acids is 1. The van der Waals surface area contributed by atoms with Crippen molar-refractivity contribution in [3.8, 4) is 0 Å². The van der Waals surface area contributed by atoms with E-state index in [4.69, 9.17) is 0 Å². The fourth-order valence-corrected chi connectivity index (χ4v) is 0.952. The first kappa shape index (κ1) is 5.40. The molecular formula is C5H6N4O. The quantitative estimate of drug-likeness (QED) is 0.465. The Hall–Kier alpha value is -1.39. The van der Waals surface area contributed by atoms with Gasteiger partial charge < -0.3 is 5.43 Å². The summed E-state index contributed by atoms with van der Waals surface area (Å²) in [7, 11) is 0. The third-order valence-electron chi connectivity index (χ3n) is 1.47. The summed E-state index contributed by atoms with van der Waals surface area (Å²) >= 11 is 0. The fourth-order valence-electron chi connectivity index (χ4n) is 0.952. The third-order valence-corrected chi connectivity index (χ3v) is 1.47. The molecule has 52 valence electrons. The van der Waals surface area contributed by atoms with E-state index in [1.165, 1.54) is 0 Å². The third kappa shape index (κ3) is 0.671. The second-order valence-electron chi connectivity index (χ2n) is 2.17. The second kappa shape index (κ2) is 1.80. The average molecular weight is 138 g/mol. The highest BCUT2D eigenvalue weighted by molar-refractivity contribution is 6.12. The van der Waals surface area contributed by atoms with Gasteiger partial charge in [-0.3, -0.25) is 5.32 Å². The maximum Gasteiger partial charge on any atom is 0.346 e. The van der Waals surface area contributed by atoms with E-state index in [1.807, 2.05) is 0 Å². The van der Waals surface area contributed by atoms with Crippen LogP contribution in [0.4, 0.5) is 4.79 Å². The Bertz CT molecular complexity index is 232. The number of urea groups is 1. The molecule has 1 unspecified atom stereocenters. The molecule has 0 aromatic rings. The van der Waals surface area contributed by atoms with E-state index in [0.29, 0.717) is 5.84 Å². The van der Waals surface area contributed by atoms with Crippen LogP contribution < -0.4 is 10.7 Å². The summed E-state index contributed by atoms with van der Waals surface area (Å²) in [6.07, 6.45) is 1.61. The van der Waals surface area contributed by atoms with Gasteiger partial charge in [-0.25, -0.2) is 9.79 Å². The van der Waals surface area contributed by atoms with Crippen LogP contribution in [-0.4, -0.2) is 24.6 Å². The summed E-state index contributed by atoms with van der Waals surface area (Å²) in [5, 5.41) is 6.38. The summed E-state index contributed by atoms with van der Waals surface area (Å²) in [6.45, 7) is 0.735. The minimum Gasteiger partial charge on any atom is -0.307 e. The van der Waals surface area contributed by atoms with Gasteiger partial charge in [0.15, 0.2) is 0 Å².